The van der Waals surface area contributed by atoms with Gasteiger partial charge in [0.25, 0.3) is 0 Å². The molecule has 0 aromatic heterocycles. The molecule has 0 aliphatic heterocycles. The molecule has 2 N–H and O–H groups in total. The van der Waals surface area contributed by atoms with Gasteiger partial charge in [0.05, 0.1) is 0 Å². The van der Waals surface area contributed by atoms with E-state index in [0.29, 0.717) is 12.0 Å². The standard InChI is InChI=1S/C18H29N/c1-3-6-14-8-5-9-16(12-14)17-13-15(7-4-2)10-11-18(17)19/h5,8-9,12,15,17-18H,3-4,6-7,10-11,13,19H2,1-2H3. The number of rotatable bonds is 5. The summed E-state index contributed by atoms with van der Waals surface area (Å²) in [6, 6.07) is 9.53. The summed E-state index contributed by atoms with van der Waals surface area (Å²) in [5, 5.41) is 0. The largest absolute Gasteiger partial charge is 0.327 e. The third-order valence-electron chi connectivity index (χ3n) is 4.63. The summed E-state index contributed by atoms with van der Waals surface area (Å²) in [6.45, 7) is 4.54. The Hall–Kier alpha value is -0.820. The Morgan fingerprint density at radius 2 is 2.00 bits per heavy atom. The molecule has 0 spiro atoms. The minimum Gasteiger partial charge on any atom is -0.327 e. The highest BCUT2D eigenvalue weighted by molar-refractivity contribution is 5.28. The maximum Gasteiger partial charge on any atom is 0.0108 e. The second-order valence-electron chi connectivity index (χ2n) is 6.23. The van der Waals surface area contributed by atoms with Crippen molar-refractivity contribution in [3.8, 4) is 0 Å². The lowest BCUT2D eigenvalue weighted by Crippen LogP contribution is -2.34. The molecule has 0 radical (unpaired) electrons. The van der Waals surface area contributed by atoms with Crippen LogP contribution in [0.5, 0.6) is 0 Å². The van der Waals surface area contributed by atoms with Gasteiger partial charge < -0.3 is 5.73 Å². The van der Waals surface area contributed by atoms with Crippen LogP contribution in [0.25, 0.3) is 0 Å². The van der Waals surface area contributed by atoms with Crippen LogP contribution in [0, 0.1) is 5.92 Å². The zero-order valence-corrected chi connectivity index (χ0v) is 12.6. The number of hydrogen-bond acceptors (Lipinski definition) is 1. The predicted molar refractivity (Wildman–Crippen MR) is 83.4 cm³/mol. The summed E-state index contributed by atoms with van der Waals surface area (Å²) < 4.78 is 0. The van der Waals surface area contributed by atoms with Crippen molar-refractivity contribution in [2.45, 2.75) is 70.8 Å². The molecule has 1 aliphatic rings. The van der Waals surface area contributed by atoms with E-state index in [2.05, 4.69) is 38.1 Å². The molecule has 1 fully saturated rings. The molecule has 0 saturated heterocycles. The van der Waals surface area contributed by atoms with E-state index in [9.17, 15) is 0 Å². The van der Waals surface area contributed by atoms with Crippen molar-refractivity contribution in [2.24, 2.45) is 11.7 Å². The molecule has 0 bridgehead atoms. The first-order chi connectivity index (χ1) is 9.24. The van der Waals surface area contributed by atoms with Gasteiger partial charge in [0.2, 0.25) is 0 Å². The number of nitrogens with two attached hydrogens (primary N) is 1. The van der Waals surface area contributed by atoms with Gasteiger partial charge in [-0.15, -0.1) is 0 Å². The lowest BCUT2D eigenvalue weighted by molar-refractivity contribution is 0.274. The van der Waals surface area contributed by atoms with Crippen LogP contribution in [0.2, 0.25) is 0 Å². The van der Waals surface area contributed by atoms with Crippen LogP contribution in [0.3, 0.4) is 0 Å². The van der Waals surface area contributed by atoms with Crippen molar-refractivity contribution in [3.63, 3.8) is 0 Å². The molecule has 0 heterocycles. The lowest BCUT2D eigenvalue weighted by atomic mass is 9.73. The smallest absolute Gasteiger partial charge is 0.0108 e. The second kappa shape index (κ2) is 7.09. The molecule has 3 atom stereocenters. The molecule has 1 heteroatoms. The van der Waals surface area contributed by atoms with E-state index >= 15 is 0 Å². The molecule has 3 unspecified atom stereocenters. The van der Waals surface area contributed by atoms with Crippen molar-refractivity contribution >= 4 is 0 Å². The van der Waals surface area contributed by atoms with Crippen LogP contribution < -0.4 is 5.73 Å². The van der Waals surface area contributed by atoms with Crippen LogP contribution in [0.4, 0.5) is 0 Å². The Morgan fingerprint density at radius 3 is 2.74 bits per heavy atom. The molecule has 1 aromatic carbocycles. The second-order valence-corrected chi connectivity index (χ2v) is 6.23. The molecular weight excluding hydrogens is 230 g/mol. The van der Waals surface area contributed by atoms with Crippen molar-refractivity contribution in [3.05, 3.63) is 35.4 Å². The number of aryl methyl sites for hydroxylation is 1. The van der Waals surface area contributed by atoms with Gasteiger partial charge in [0, 0.05) is 6.04 Å². The summed E-state index contributed by atoms with van der Waals surface area (Å²) in [5.74, 6) is 1.48. The van der Waals surface area contributed by atoms with Gasteiger partial charge in [-0.1, -0.05) is 57.4 Å². The molecule has 2 rings (SSSR count). The monoisotopic (exact) mass is 259 g/mol. The summed E-state index contributed by atoms with van der Waals surface area (Å²) in [4.78, 5) is 0. The van der Waals surface area contributed by atoms with E-state index in [4.69, 9.17) is 5.73 Å². The van der Waals surface area contributed by atoms with E-state index in [-0.39, 0.29) is 0 Å². The van der Waals surface area contributed by atoms with Crippen molar-refractivity contribution < 1.29 is 0 Å². The molecule has 106 valence electrons. The fourth-order valence-electron chi connectivity index (χ4n) is 3.60. The Balaban J connectivity index is 2.11. The van der Waals surface area contributed by atoms with Gasteiger partial charge in [-0.25, -0.2) is 0 Å². The highest BCUT2D eigenvalue weighted by atomic mass is 14.7. The van der Waals surface area contributed by atoms with Gasteiger partial charge in [-0.2, -0.15) is 0 Å². The summed E-state index contributed by atoms with van der Waals surface area (Å²) >= 11 is 0. The zero-order valence-electron chi connectivity index (χ0n) is 12.6. The normalized spacial score (nSPS) is 27.4. The van der Waals surface area contributed by atoms with Crippen LogP contribution in [0.1, 0.15) is 69.4 Å². The molecular formula is C18H29N. The minimum absolute atomic E-state index is 0.366. The minimum atomic E-state index is 0.366. The van der Waals surface area contributed by atoms with Crippen LogP contribution in [-0.4, -0.2) is 6.04 Å². The van der Waals surface area contributed by atoms with E-state index in [0.717, 1.165) is 5.92 Å². The average Bonchev–Trinajstić information content (AvgIpc) is 2.42. The van der Waals surface area contributed by atoms with E-state index in [1.165, 1.54) is 56.1 Å². The van der Waals surface area contributed by atoms with Gasteiger partial charge in [0.15, 0.2) is 0 Å². The van der Waals surface area contributed by atoms with E-state index in [1.807, 2.05) is 0 Å². The quantitative estimate of drug-likeness (QED) is 0.818. The number of benzene rings is 1. The predicted octanol–water partition coefficient (Wildman–Crippen LogP) is 4.65. The maximum absolute atomic E-state index is 6.39. The average molecular weight is 259 g/mol. The van der Waals surface area contributed by atoms with Crippen molar-refractivity contribution in [2.75, 3.05) is 0 Å². The summed E-state index contributed by atoms with van der Waals surface area (Å²) in [7, 11) is 0. The van der Waals surface area contributed by atoms with Gasteiger partial charge in [-0.05, 0) is 48.6 Å². The molecule has 1 aliphatic carbocycles. The first-order valence-corrected chi connectivity index (χ1v) is 8.09. The maximum atomic E-state index is 6.39. The first kappa shape index (κ1) is 14.6. The zero-order chi connectivity index (χ0) is 13.7. The highest BCUT2D eigenvalue weighted by Gasteiger charge is 2.28. The van der Waals surface area contributed by atoms with Gasteiger partial charge in [-0.3, -0.25) is 0 Å². The van der Waals surface area contributed by atoms with Gasteiger partial charge in [0.1, 0.15) is 0 Å². The summed E-state index contributed by atoms with van der Waals surface area (Å²) in [6.07, 6.45) is 8.92. The van der Waals surface area contributed by atoms with E-state index in [1.54, 1.807) is 0 Å². The molecule has 19 heavy (non-hydrogen) atoms. The molecule has 1 nitrogen and oxygen atoms in total. The Morgan fingerprint density at radius 1 is 1.16 bits per heavy atom. The van der Waals surface area contributed by atoms with Crippen LogP contribution in [0.15, 0.2) is 24.3 Å². The molecule has 1 saturated carbocycles. The third kappa shape index (κ3) is 3.82. The SMILES string of the molecule is CCCc1cccc(C2CC(CCC)CCC2N)c1. The summed E-state index contributed by atoms with van der Waals surface area (Å²) in [5.41, 5.74) is 9.36. The third-order valence-corrected chi connectivity index (χ3v) is 4.63. The fourth-order valence-corrected chi connectivity index (χ4v) is 3.60. The molecule has 0 amide bonds. The Bertz CT molecular complexity index is 385. The Kier molecular flexibility index (Phi) is 5.45. The van der Waals surface area contributed by atoms with Crippen LogP contribution >= 0.6 is 0 Å². The topological polar surface area (TPSA) is 26.0 Å². The Labute approximate surface area is 118 Å². The van der Waals surface area contributed by atoms with Gasteiger partial charge >= 0.3 is 0 Å². The molecule has 1 aromatic rings. The number of hydrogen-bond donors (Lipinski definition) is 1. The first-order valence-electron chi connectivity index (χ1n) is 8.09. The van der Waals surface area contributed by atoms with Crippen LogP contribution in [-0.2, 0) is 6.42 Å². The fraction of sp³-hybridized carbons (Fsp3) is 0.667. The lowest BCUT2D eigenvalue weighted by Gasteiger charge is -2.34. The highest BCUT2D eigenvalue weighted by Crippen LogP contribution is 2.37. The van der Waals surface area contributed by atoms with Crippen molar-refractivity contribution in [1.29, 1.82) is 0 Å². The van der Waals surface area contributed by atoms with E-state index < -0.39 is 0 Å². The van der Waals surface area contributed by atoms with Crippen molar-refractivity contribution in [1.82, 2.24) is 0 Å².